The van der Waals surface area contributed by atoms with Crippen LogP contribution in [-0.2, 0) is 9.84 Å². The van der Waals surface area contributed by atoms with Crippen molar-refractivity contribution >= 4 is 9.84 Å². The lowest BCUT2D eigenvalue weighted by atomic mass is 10.7. The zero-order valence-corrected chi connectivity index (χ0v) is 5.57. The minimum atomic E-state index is -3.51. The van der Waals surface area contributed by atoms with Crippen molar-refractivity contribution < 1.29 is 13.5 Å². The van der Waals surface area contributed by atoms with Crippen LogP contribution in [0.5, 0.6) is 0 Å². The van der Waals surface area contributed by atoms with Crippen LogP contribution in [0.4, 0.5) is 0 Å². The zero-order valence-electron chi connectivity index (χ0n) is 4.75. The molecule has 0 saturated heterocycles. The Kier molecular flexibility index (Phi) is 1.65. The molecule has 0 radical (unpaired) electrons. The zero-order chi connectivity index (χ0) is 7.00. The molecule has 5 heteroatoms. The van der Waals surface area contributed by atoms with Gasteiger partial charge in [-0.2, -0.15) is 0 Å². The summed E-state index contributed by atoms with van der Waals surface area (Å²) in [6.07, 6.45) is 0.868. The van der Waals surface area contributed by atoms with Crippen LogP contribution in [0.2, 0.25) is 0 Å². The van der Waals surface area contributed by atoms with Crippen LogP contribution in [0.15, 0.2) is 0 Å². The van der Waals surface area contributed by atoms with E-state index in [0.717, 1.165) is 13.2 Å². The largest absolute Gasteiger partial charge is 0.363 e. The van der Waals surface area contributed by atoms with Gasteiger partial charge in [0, 0.05) is 6.26 Å². The Balaban J connectivity index is 4.53. The molecule has 0 amide bonds. The summed E-state index contributed by atoms with van der Waals surface area (Å²) in [7, 11) is -3.51. The molecule has 8 heavy (non-hydrogen) atoms. The Morgan fingerprint density at radius 1 is 1.62 bits per heavy atom. The van der Waals surface area contributed by atoms with Crippen molar-refractivity contribution in [1.29, 1.82) is 0 Å². The molecule has 0 heterocycles. The minimum Gasteiger partial charge on any atom is -0.363 e. The molecular weight excluding hydrogens is 130 g/mol. The average Bonchev–Trinajstić information content (AvgIpc) is 1.25. The lowest BCUT2D eigenvalue weighted by molar-refractivity contribution is 0.153. The summed E-state index contributed by atoms with van der Waals surface area (Å²) in [5.74, 6) is 0. The second-order valence-corrected chi connectivity index (χ2v) is 4.20. The smallest absolute Gasteiger partial charge is 0.214 e. The van der Waals surface area contributed by atoms with Gasteiger partial charge >= 0.3 is 0 Å². The summed E-state index contributed by atoms with van der Waals surface area (Å²) in [5, 5.41) is 6.45. The van der Waals surface area contributed by atoms with E-state index >= 15 is 0 Å². The monoisotopic (exact) mass is 139 g/mol. The molecule has 0 spiro atoms. The number of nitrogens with two attached hydrogens (primary N) is 1. The van der Waals surface area contributed by atoms with Crippen molar-refractivity contribution in [1.82, 2.24) is 0 Å². The lowest BCUT2D eigenvalue weighted by Gasteiger charge is -2.12. The number of hydrogen-bond acceptors (Lipinski definition) is 4. The Hall–Kier alpha value is -0.130. The first kappa shape index (κ1) is 7.87. The van der Waals surface area contributed by atoms with Crippen molar-refractivity contribution in [2.24, 2.45) is 5.73 Å². The van der Waals surface area contributed by atoms with Crippen LogP contribution in [0.1, 0.15) is 6.92 Å². The summed E-state index contributed by atoms with van der Waals surface area (Å²) < 4.78 is 20.6. The highest BCUT2D eigenvalue weighted by Crippen LogP contribution is 2.00. The number of hydrogen-bond donors (Lipinski definition) is 2. The topological polar surface area (TPSA) is 80.4 Å². The summed E-state index contributed by atoms with van der Waals surface area (Å²) >= 11 is 0. The second kappa shape index (κ2) is 1.68. The summed E-state index contributed by atoms with van der Waals surface area (Å²) in [5.41, 5.74) is 4.78. The maximum Gasteiger partial charge on any atom is 0.214 e. The van der Waals surface area contributed by atoms with Gasteiger partial charge in [-0.05, 0) is 6.92 Å². The van der Waals surface area contributed by atoms with Crippen molar-refractivity contribution in [3.05, 3.63) is 0 Å². The molecule has 50 valence electrons. The van der Waals surface area contributed by atoms with Gasteiger partial charge in [-0.3, -0.25) is 5.73 Å². The number of aliphatic hydroxyl groups is 1. The van der Waals surface area contributed by atoms with Gasteiger partial charge in [0.15, 0.2) is 9.84 Å². The molecule has 0 fully saturated rings. The Bertz CT molecular complexity index is 163. The number of rotatable bonds is 1. The van der Waals surface area contributed by atoms with E-state index in [4.69, 9.17) is 10.8 Å². The standard InChI is InChI=1S/C3H9NO3S/c1-3(4,5)8(2,6)7/h5H,4H2,1-2H3. The van der Waals surface area contributed by atoms with Crippen molar-refractivity contribution in [2.45, 2.75) is 12.0 Å². The predicted octanol–water partition coefficient (Wildman–Crippen LogP) is -1.34. The summed E-state index contributed by atoms with van der Waals surface area (Å²) in [6.45, 7) is 1.02. The second-order valence-electron chi connectivity index (χ2n) is 1.83. The fourth-order valence-corrected chi connectivity index (χ4v) is 0. The molecular formula is C3H9NO3S. The highest BCUT2D eigenvalue weighted by atomic mass is 32.2. The molecule has 1 atom stereocenters. The molecule has 0 saturated carbocycles. The number of sulfone groups is 1. The summed E-state index contributed by atoms with van der Waals surface area (Å²) in [4.78, 5) is 0. The first-order chi connectivity index (χ1) is 3.25. The normalized spacial score (nSPS) is 20.0. The van der Waals surface area contributed by atoms with Gasteiger partial charge in [0.05, 0.1) is 0 Å². The van der Waals surface area contributed by atoms with Crippen molar-refractivity contribution in [3.8, 4) is 0 Å². The van der Waals surface area contributed by atoms with E-state index in [-0.39, 0.29) is 0 Å². The van der Waals surface area contributed by atoms with E-state index in [0.29, 0.717) is 0 Å². The van der Waals surface area contributed by atoms with E-state index in [2.05, 4.69) is 0 Å². The average molecular weight is 139 g/mol. The van der Waals surface area contributed by atoms with Crippen LogP contribution in [0.25, 0.3) is 0 Å². The molecule has 0 rings (SSSR count). The van der Waals surface area contributed by atoms with Crippen LogP contribution < -0.4 is 5.73 Å². The first-order valence-electron chi connectivity index (χ1n) is 1.96. The first-order valence-corrected chi connectivity index (χ1v) is 3.85. The molecule has 0 aromatic rings. The third-order valence-corrected chi connectivity index (χ3v) is 2.25. The third kappa shape index (κ3) is 1.77. The maximum atomic E-state index is 10.3. The van der Waals surface area contributed by atoms with Crippen LogP contribution >= 0.6 is 0 Å². The van der Waals surface area contributed by atoms with E-state index < -0.39 is 14.9 Å². The molecule has 0 aromatic carbocycles. The van der Waals surface area contributed by atoms with E-state index in [1.807, 2.05) is 0 Å². The lowest BCUT2D eigenvalue weighted by Crippen LogP contribution is -2.43. The van der Waals surface area contributed by atoms with Gasteiger partial charge in [0.25, 0.3) is 0 Å². The quantitative estimate of drug-likeness (QED) is 0.440. The predicted molar refractivity (Wildman–Crippen MR) is 29.7 cm³/mol. The molecule has 0 aromatic heterocycles. The maximum absolute atomic E-state index is 10.3. The Labute approximate surface area is 48.2 Å². The molecule has 0 aliphatic carbocycles. The fourth-order valence-electron chi connectivity index (χ4n) is 0. The Morgan fingerprint density at radius 2 is 1.75 bits per heavy atom. The molecule has 4 nitrogen and oxygen atoms in total. The van der Waals surface area contributed by atoms with E-state index in [1.54, 1.807) is 0 Å². The van der Waals surface area contributed by atoms with Crippen molar-refractivity contribution in [3.63, 3.8) is 0 Å². The van der Waals surface area contributed by atoms with E-state index in [9.17, 15) is 8.42 Å². The highest BCUT2D eigenvalue weighted by Gasteiger charge is 2.26. The van der Waals surface area contributed by atoms with Gasteiger partial charge in [-0.1, -0.05) is 0 Å². The SMILES string of the molecule is CC(N)(O)S(C)(=O)=O. The van der Waals surface area contributed by atoms with Crippen LogP contribution in [0.3, 0.4) is 0 Å². The fraction of sp³-hybridized carbons (Fsp3) is 1.00. The minimum absolute atomic E-state index is 0.868. The molecule has 0 aliphatic rings. The van der Waals surface area contributed by atoms with Crippen molar-refractivity contribution in [2.75, 3.05) is 6.26 Å². The third-order valence-electron chi connectivity index (χ3n) is 0.751. The molecule has 3 N–H and O–H groups in total. The van der Waals surface area contributed by atoms with Gasteiger partial charge in [0.1, 0.15) is 0 Å². The highest BCUT2D eigenvalue weighted by molar-refractivity contribution is 7.91. The summed E-state index contributed by atoms with van der Waals surface area (Å²) in [6, 6.07) is 0. The van der Waals surface area contributed by atoms with Crippen LogP contribution in [0, 0.1) is 0 Å². The van der Waals surface area contributed by atoms with Crippen LogP contribution in [-0.4, -0.2) is 24.8 Å². The van der Waals surface area contributed by atoms with E-state index in [1.165, 1.54) is 0 Å². The molecule has 0 aliphatic heterocycles. The molecule has 1 unspecified atom stereocenters. The van der Waals surface area contributed by atoms with Gasteiger partial charge in [-0.15, -0.1) is 0 Å². The van der Waals surface area contributed by atoms with Gasteiger partial charge < -0.3 is 5.11 Å². The Morgan fingerprint density at radius 3 is 1.75 bits per heavy atom. The van der Waals surface area contributed by atoms with Gasteiger partial charge in [-0.25, -0.2) is 8.42 Å². The molecule has 0 bridgehead atoms. The van der Waals surface area contributed by atoms with Gasteiger partial charge in [0.2, 0.25) is 5.06 Å².